The van der Waals surface area contributed by atoms with E-state index in [4.69, 9.17) is 27.9 Å². The van der Waals surface area contributed by atoms with Crippen molar-refractivity contribution in [1.82, 2.24) is 5.32 Å². The van der Waals surface area contributed by atoms with Gasteiger partial charge in [0.25, 0.3) is 0 Å². The van der Waals surface area contributed by atoms with Gasteiger partial charge in [0, 0.05) is 35.1 Å². The highest BCUT2D eigenvalue weighted by atomic mass is 35.5. The zero-order chi connectivity index (χ0) is 17.2. The second-order valence-electron chi connectivity index (χ2n) is 4.50. The van der Waals surface area contributed by atoms with Gasteiger partial charge in [-0.3, -0.25) is 4.99 Å². The monoisotopic (exact) mass is 350 g/mol. The summed E-state index contributed by atoms with van der Waals surface area (Å²) in [6, 6.07) is 5.30. The SMILES string of the molecule is C=C(/C=C/C=N\C(=C/NCC)c1ccc(Cl)cc1Cl)C(=C)OC. The van der Waals surface area contributed by atoms with E-state index in [1.807, 2.05) is 19.2 Å². The van der Waals surface area contributed by atoms with Crippen LogP contribution in [-0.2, 0) is 4.74 Å². The van der Waals surface area contributed by atoms with E-state index in [2.05, 4.69) is 23.5 Å². The van der Waals surface area contributed by atoms with Gasteiger partial charge in [-0.15, -0.1) is 0 Å². The lowest BCUT2D eigenvalue weighted by Gasteiger charge is -2.06. The number of allylic oxidation sites excluding steroid dienone is 2. The van der Waals surface area contributed by atoms with Crippen LogP contribution in [0.3, 0.4) is 0 Å². The normalized spacial score (nSPS) is 11.9. The van der Waals surface area contributed by atoms with Crippen molar-refractivity contribution in [2.45, 2.75) is 6.92 Å². The van der Waals surface area contributed by atoms with Gasteiger partial charge < -0.3 is 10.1 Å². The molecule has 1 rings (SSSR count). The maximum atomic E-state index is 6.24. The summed E-state index contributed by atoms with van der Waals surface area (Å²) in [6.07, 6.45) is 6.99. The Bertz CT molecular complexity index is 661. The van der Waals surface area contributed by atoms with E-state index < -0.39 is 0 Å². The van der Waals surface area contributed by atoms with Crippen LogP contribution in [0.4, 0.5) is 0 Å². The number of benzene rings is 1. The van der Waals surface area contributed by atoms with Gasteiger partial charge in [0.05, 0.1) is 17.8 Å². The minimum Gasteiger partial charge on any atom is -0.497 e. The fourth-order valence-corrected chi connectivity index (χ4v) is 2.09. The maximum absolute atomic E-state index is 6.24. The maximum Gasteiger partial charge on any atom is 0.118 e. The van der Waals surface area contributed by atoms with Gasteiger partial charge in [-0.1, -0.05) is 42.4 Å². The highest BCUT2D eigenvalue weighted by molar-refractivity contribution is 6.35. The van der Waals surface area contributed by atoms with E-state index >= 15 is 0 Å². The fraction of sp³-hybridized carbons (Fsp3) is 0.167. The number of methoxy groups -OCH3 is 1. The molecule has 0 fully saturated rings. The molecule has 0 saturated carbocycles. The summed E-state index contributed by atoms with van der Waals surface area (Å²) in [6.45, 7) is 10.3. The number of ether oxygens (including phenoxy) is 1. The molecule has 0 aromatic heterocycles. The van der Waals surface area contributed by atoms with E-state index in [0.29, 0.717) is 27.1 Å². The van der Waals surface area contributed by atoms with Crippen LogP contribution in [0.1, 0.15) is 12.5 Å². The molecule has 122 valence electrons. The van der Waals surface area contributed by atoms with Crippen LogP contribution in [0.25, 0.3) is 5.70 Å². The predicted octanol–water partition coefficient (Wildman–Crippen LogP) is 5.24. The zero-order valence-electron chi connectivity index (χ0n) is 13.3. The molecule has 23 heavy (non-hydrogen) atoms. The van der Waals surface area contributed by atoms with Gasteiger partial charge in [0.2, 0.25) is 0 Å². The molecule has 0 spiro atoms. The van der Waals surface area contributed by atoms with Gasteiger partial charge in [-0.25, -0.2) is 0 Å². The Hall–Kier alpha value is -1.97. The molecule has 3 nitrogen and oxygen atoms in total. The zero-order valence-corrected chi connectivity index (χ0v) is 14.8. The first-order chi connectivity index (χ1) is 11.0. The molecule has 0 bridgehead atoms. The number of nitrogens with one attached hydrogen (secondary N) is 1. The number of hydrogen-bond donors (Lipinski definition) is 1. The van der Waals surface area contributed by atoms with Crippen molar-refractivity contribution in [3.05, 3.63) is 76.6 Å². The average Bonchev–Trinajstić information content (AvgIpc) is 2.53. The fourth-order valence-electron chi connectivity index (χ4n) is 1.59. The lowest BCUT2D eigenvalue weighted by molar-refractivity contribution is 0.305. The molecule has 0 aliphatic heterocycles. The van der Waals surface area contributed by atoms with Gasteiger partial charge >= 0.3 is 0 Å². The standard InChI is InChI=1S/C18H20Cl2N2O/c1-5-21-12-18(16-9-8-15(19)11-17(16)20)22-10-6-7-13(2)14(3)23-4/h6-12,21H,2-3,5H2,1,4H3/b7-6+,18-12-,22-10-. The summed E-state index contributed by atoms with van der Waals surface area (Å²) in [7, 11) is 1.55. The van der Waals surface area contributed by atoms with Crippen LogP contribution in [-0.4, -0.2) is 19.9 Å². The first-order valence-corrected chi connectivity index (χ1v) is 7.77. The Balaban J connectivity index is 2.96. The van der Waals surface area contributed by atoms with Crippen LogP contribution >= 0.6 is 23.2 Å². The Kier molecular flexibility index (Phi) is 8.23. The van der Waals surface area contributed by atoms with Gasteiger partial charge in [-0.05, 0) is 31.2 Å². The molecule has 1 N–H and O–H groups in total. The van der Waals surface area contributed by atoms with Crippen molar-refractivity contribution in [3.63, 3.8) is 0 Å². The second kappa shape index (κ2) is 9.93. The minimum absolute atomic E-state index is 0.513. The Morgan fingerprint density at radius 2 is 2.09 bits per heavy atom. The second-order valence-corrected chi connectivity index (χ2v) is 5.34. The average molecular weight is 351 g/mol. The first kappa shape index (κ1) is 19.1. The predicted molar refractivity (Wildman–Crippen MR) is 101 cm³/mol. The molecule has 0 radical (unpaired) electrons. The molecule has 0 aliphatic carbocycles. The molecule has 0 unspecified atom stereocenters. The first-order valence-electron chi connectivity index (χ1n) is 7.01. The molecule has 5 heteroatoms. The highest BCUT2D eigenvalue weighted by Crippen LogP contribution is 2.27. The molecule has 1 aromatic carbocycles. The topological polar surface area (TPSA) is 33.6 Å². The molecule has 0 heterocycles. The largest absolute Gasteiger partial charge is 0.497 e. The van der Waals surface area contributed by atoms with E-state index in [-0.39, 0.29) is 0 Å². The summed E-state index contributed by atoms with van der Waals surface area (Å²) in [5, 5.41) is 4.25. The molecule has 0 atom stereocenters. The summed E-state index contributed by atoms with van der Waals surface area (Å²) >= 11 is 12.2. The van der Waals surface area contributed by atoms with Crippen LogP contribution in [0.2, 0.25) is 10.0 Å². The number of rotatable bonds is 8. The molecule has 0 aliphatic rings. The van der Waals surface area contributed by atoms with Gasteiger partial charge in [0.1, 0.15) is 5.76 Å². The number of hydrogen-bond acceptors (Lipinski definition) is 3. The summed E-state index contributed by atoms with van der Waals surface area (Å²) in [5.74, 6) is 0.513. The smallest absolute Gasteiger partial charge is 0.118 e. The van der Waals surface area contributed by atoms with Crippen LogP contribution < -0.4 is 5.32 Å². The van der Waals surface area contributed by atoms with E-state index in [1.165, 1.54) is 0 Å². The van der Waals surface area contributed by atoms with Crippen molar-refractivity contribution in [2.24, 2.45) is 4.99 Å². The summed E-state index contributed by atoms with van der Waals surface area (Å²) in [4.78, 5) is 4.43. The van der Waals surface area contributed by atoms with Crippen molar-refractivity contribution < 1.29 is 4.74 Å². The van der Waals surface area contributed by atoms with Gasteiger partial charge in [0.15, 0.2) is 0 Å². The van der Waals surface area contributed by atoms with Crippen LogP contribution in [0.5, 0.6) is 0 Å². The van der Waals surface area contributed by atoms with Gasteiger partial charge in [-0.2, -0.15) is 0 Å². The molecular weight excluding hydrogens is 331 g/mol. The lowest BCUT2D eigenvalue weighted by atomic mass is 10.1. The number of nitrogens with zero attached hydrogens (tertiary/aromatic N) is 1. The van der Waals surface area contributed by atoms with E-state index in [1.54, 1.807) is 37.6 Å². The summed E-state index contributed by atoms with van der Waals surface area (Å²) in [5.41, 5.74) is 2.18. The molecule has 0 amide bonds. The van der Waals surface area contributed by atoms with Crippen molar-refractivity contribution in [2.75, 3.05) is 13.7 Å². The van der Waals surface area contributed by atoms with E-state index in [9.17, 15) is 0 Å². The number of aliphatic imine (C=N–C) groups is 1. The molecule has 1 aromatic rings. The quantitative estimate of drug-likeness (QED) is 0.395. The third-order valence-electron chi connectivity index (χ3n) is 2.85. The minimum atomic E-state index is 0.513. The van der Waals surface area contributed by atoms with E-state index in [0.717, 1.165) is 12.1 Å². The summed E-state index contributed by atoms with van der Waals surface area (Å²) < 4.78 is 5.00. The Morgan fingerprint density at radius 3 is 2.70 bits per heavy atom. The molecule has 0 saturated heterocycles. The molecular formula is C18H20Cl2N2O. The lowest BCUT2D eigenvalue weighted by Crippen LogP contribution is -2.03. The van der Waals surface area contributed by atoms with Crippen molar-refractivity contribution in [1.29, 1.82) is 0 Å². The third kappa shape index (κ3) is 6.35. The Morgan fingerprint density at radius 1 is 1.35 bits per heavy atom. The highest BCUT2D eigenvalue weighted by Gasteiger charge is 2.05. The van der Waals surface area contributed by atoms with Crippen molar-refractivity contribution in [3.8, 4) is 0 Å². The third-order valence-corrected chi connectivity index (χ3v) is 3.40. The van der Waals surface area contributed by atoms with Crippen LogP contribution in [0, 0.1) is 0 Å². The van der Waals surface area contributed by atoms with Crippen molar-refractivity contribution >= 4 is 35.1 Å². The Labute approximate surface area is 147 Å². The van der Waals surface area contributed by atoms with Crippen LogP contribution in [0.15, 0.2) is 66.0 Å². The number of halogens is 2.